The van der Waals surface area contributed by atoms with Crippen molar-refractivity contribution in [3.05, 3.63) is 0 Å². The van der Waals surface area contributed by atoms with Crippen LogP contribution in [0.2, 0.25) is 0 Å². The van der Waals surface area contributed by atoms with Gasteiger partial charge in [-0.2, -0.15) is 0 Å². The molecule has 1 aliphatic heterocycles. The van der Waals surface area contributed by atoms with E-state index in [2.05, 4.69) is 24.1 Å². The molecule has 1 saturated heterocycles. The number of nitrogens with one attached hydrogen (secondary N) is 1. The summed E-state index contributed by atoms with van der Waals surface area (Å²) >= 11 is 0. The molecule has 5 nitrogen and oxygen atoms in total. The number of rotatable bonds is 5. The van der Waals surface area contributed by atoms with Crippen molar-refractivity contribution >= 4 is 11.9 Å². The minimum Gasteiger partial charge on any atom is -0.480 e. The van der Waals surface area contributed by atoms with Gasteiger partial charge in [0, 0.05) is 13.1 Å². The largest absolute Gasteiger partial charge is 0.480 e. The Kier molecular flexibility index (Phi) is 5.79. The van der Waals surface area contributed by atoms with E-state index in [1.54, 1.807) is 13.8 Å². The molecule has 0 aromatic carbocycles. The molecule has 0 saturated carbocycles. The van der Waals surface area contributed by atoms with Gasteiger partial charge in [0.15, 0.2) is 0 Å². The number of amides is 1. The first-order chi connectivity index (χ1) is 8.79. The highest BCUT2D eigenvalue weighted by atomic mass is 16.4. The Morgan fingerprint density at radius 1 is 1.26 bits per heavy atom. The molecular weight excluding hydrogens is 244 g/mol. The second-order valence-electron chi connectivity index (χ2n) is 6.27. The lowest BCUT2D eigenvalue weighted by molar-refractivity contribution is -0.143. The van der Waals surface area contributed by atoms with Gasteiger partial charge < -0.3 is 10.4 Å². The molecule has 0 bridgehead atoms. The molecule has 0 aromatic heterocycles. The maximum absolute atomic E-state index is 11.9. The highest BCUT2D eigenvalue weighted by molar-refractivity contribution is 5.84. The van der Waals surface area contributed by atoms with E-state index in [-0.39, 0.29) is 11.8 Å². The predicted octanol–water partition coefficient (Wildman–Crippen LogP) is 1.19. The van der Waals surface area contributed by atoms with Gasteiger partial charge in [0.2, 0.25) is 5.91 Å². The molecule has 3 unspecified atom stereocenters. The Balaban J connectivity index is 2.48. The quantitative estimate of drug-likeness (QED) is 0.787. The van der Waals surface area contributed by atoms with Gasteiger partial charge in [0.1, 0.15) is 6.04 Å². The van der Waals surface area contributed by atoms with Crippen molar-refractivity contribution < 1.29 is 14.7 Å². The van der Waals surface area contributed by atoms with Crippen LogP contribution >= 0.6 is 0 Å². The molecule has 1 rings (SSSR count). The summed E-state index contributed by atoms with van der Waals surface area (Å²) < 4.78 is 0. The van der Waals surface area contributed by atoms with Crippen LogP contribution in [0.3, 0.4) is 0 Å². The summed E-state index contributed by atoms with van der Waals surface area (Å²) in [6.07, 6.45) is 1.20. The van der Waals surface area contributed by atoms with E-state index in [9.17, 15) is 9.59 Å². The Morgan fingerprint density at radius 2 is 1.79 bits per heavy atom. The standard InChI is InChI=1S/C14H26N2O3/c1-9(2)13(14(18)19)15-12(17)8-16-6-10(3)5-11(4)7-16/h9-11,13H,5-8H2,1-4H3,(H,15,17)(H,18,19). The van der Waals surface area contributed by atoms with Gasteiger partial charge in [0.05, 0.1) is 6.54 Å². The van der Waals surface area contributed by atoms with Crippen LogP contribution in [0.5, 0.6) is 0 Å². The van der Waals surface area contributed by atoms with Crippen LogP contribution in [-0.2, 0) is 9.59 Å². The highest BCUT2D eigenvalue weighted by Gasteiger charge is 2.26. The average molecular weight is 270 g/mol. The first kappa shape index (κ1) is 16.0. The normalized spacial score (nSPS) is 26.2. The molecule has 5 heteroatoms. The summed E-state index contributed by atoms with van der Waals surface area (Å²) in [7, 11) is 0. The van der Waals surface area contributed by atoms with Gasteiger partial charge in [0.25, 0.3) is 0 Å². The number of piperidine rings is 1. The number of carbonyl (C=O) groups is 2. The van der Waals surface area contributed by atoms with Gasteiger partial charge in [-0.3, -0.25) is 9.69 Å². The molecule has 1 amide bonds. The van der Waals surface area contributed by atoms with E-state index < -0.39 is 12.0 Å². The van der Waals surface area contributed by atoms with E-state index in [1.807, 2.05) is 0 Å². The number of likely N-dealkylation sites (tertiary alicyclic amines) is 1. The van der Waals surface area contributed by atoms with E-state index >= 15 is 0 Å². The smallest absolute Gasteiger partial charge is 0.326 e. The van der Waals surface area contributed by atoms with Crippen molar-refractivity contribution in [2.24, 2.45) is 17.8 Å². The maximum Gasteiger partial charge on any atom is 0.326 e. The molecule has 0 aliphatic carbocycles. The Morgan fingerprint density at radius 3 is 2.21 bits per heavy atom. The van der Waals surface area contributed by atoms with Crippen LogP contribution in [0.4, 0.5) is 0 Å². The monoisotopic (exact) mass is 270 g/mol. The van der Waals surface area contributed by atoms with Gasteiger partial charge in [-0.15, -0.1) is 0 Å². The lowest BCUT2D eigenvalue weighted by Crippen LogP contribution is -2.50. The summed E-state index contributed by atoms with van der Waals surface area (Å²) in [6, 6.07) is -0.799. The number of carboxylic acid groups (broad SMARTS) is 1. The van der Waals surface area contributed by atoms with Gasteiger partial charge in [-0.05, 0) is 24.2 Å². The number of aliphatic carboxylic acids is 1. The zero-order valence-corrected chi connectivity index (χ0v) is 12.3. The SMILES string of the molecule is CC1CC(C)CN(CC(=O)NC(C(=O)O)C(C)C)C1. The van der Waals surface area contributed by atoms with Gasteiger partial charge >= 0.3 is 5.97 Å². The van der Waals surface area contributed by atoms with Gasteiger partial charge in [-0.1, -0.05) is 27.7 Å². The number of carbonyl (C=O) groups excluding carboxylic acids is 1. The third kappa shape index (κ3) is 5.19. The number of nitrogens with zero attached hydrogens (tertiary/aromatic N) is 1. The zero-order valence-electron chi connectivity index (χ0n) is 12.3. The van der Waals surface area contributed by atoms with E-state index in [4.69, 9.17) is 5.11 Å². The van der Waals surface area contributed by atoms with Crippen molar-refractivity contribution in [1.29, 1.82) is 0 Å². The molecule has 2 N–H and O–H groups in total. The molecule has 0 radical (unpaired) electrons. The van der Waals surface area contributed by atoms with Crippen molar-refractivity contribution in [3.8, 4) is 0 Å². The van der Waals surface area contributed by atoms with Crippen molar-refractivity contribution in [1.82, 2.24) is 10.2 Å². The topological polar surface area (TPSA) is 69.6 Å². The zero-order chi connectivity index (χ0) is 14.6. The summed E-state index contributed by atoms with van der Waals surface area (Å²) in [4.78, 5) is 25.1. The summed E-state index contributed by atoms with van der Waals surface area (Å²) in [6.45, 7) is 10.1. The summed E-state index contributed by atoms with van der Waals surface area (Å²) in [5, 5.41) is 11.7. The first-order valence-corrected chi connectivity index (χ1v) is 7.04. The Hall–Kier alpha value is -1.10. The van der Waals surface area contributed by atoms with Crippen molar-refractivity contribution in [2.45, 2.75) is 40.2 Å². The molecule has 110 valence electrons. The van der Waals surface area contributed by atoms with Crippen LogP contribution in [-0.4, -0.2) is 47.6 Å². The predicted molar refractivity (Wildman–Crippen MR) is 73.8 cm³/mol. The third-order valence-corrected chi connectivity index (χ3v) is 3.56. The Labute approximate surface area is 115 Å². The second-order valence-corrected chi connectivity index (χ2v) is 6.27. The third-order valence-electron chi connectivity index (χ3n) is 3.56. The van der Waals surface area contributed by atoms with E-state index in [1.165, 1.54) is 6.42 Å². The van der Waals surface area contributed by atoms with Crippen LogP contribution in [0.15, 0.2) is 0 Å². The summed E-state index contributed by atoms with van der Waals surface area (Å²) in [5.41, 5.74) is 0. The molecule has 0 spiro atoms. The molecular formula is C14H26N2O3. The van der Waals surface area contributed by atoms with Gasteiger partial charge in [-0.25, -0.2) is 4.79 Å². The van der Waals surface area contributed by atoms with E-state index in [0.29, 0.717) is 18.4 Å². The molecule has 1 aliphatic rings. The van der Waals surface area contributed by atoms with Crippen molar-refractivity contribution in [3.63, 3.8) is 0 Å². The fourth-order valence-electron chi connectivity index (χ4n) is 2.86. The Bertz CT molecular complexity index is 321. The maximum atomic E-state index is 11.9. The van der Waals surface area contributed by atoms with Crippen LogP contribution in [0, 0.1) is 17.8 Å². The fraction of sp³-hybridized carbons (Fsp3) is 0.857. The highest BCUT2D eigenvalue weighted by Crippen LogP contribution is 2.20. The minimum atomic E-state index is -0.969. The summed E-state index contributed by atoms with van der Waals surface area (Å²) in [5.74, 6) is -0.0828. The number of hydrogen-bond acceptors (Lipinski definition) is 3. The van der Waals surface area contributed by atoms with Crippen LogP contribution in [0.25, 0.3) is 0 Å². The van der Waals surface area contributed by atoms with E-state index in [0.717, 1.165) is 13.1 Å². The molecule has 1 fully saturated rings. The van der Waals surface area contributed by atoms with Crippen LogP contribution in [0.1, 0.15) is 34.1 Å². The van der Waals surface area contributed by atoms with Crippen LogP contribution < -0.4 is 5.32 Å². The molecule has 3 atom stereocenters. The second kappa shape index (κ2) is 6.89. The van der Waals surface area contributed by atoms with Crippen molar-refractivity contribution in [2.75, 3.05) is 19.6 Å². The molecule has 19 heavy (non-hydrogen) atoms. The molecule has 1 heterocycles. The minimum absolute atomic E-state index is 0.111. The number of hydrogen-bond donors (Lipinski definition) is 2. The number of carboxylic acids is 1. The lowest BCUT2D eigenvalue weighted by atomic mass is 9.92. The molecule has 0 aromatic rings. The first-order valence-electron chi connectivity index (χ1n) is 7.04. The fourth-order valence-corrected chi connectivity index (χ4v) is 2.86. The lowest BCUT2D eigenvalue weighted by Gasteiger charge is -2.34. The average Bonchev–Trinajstić information content (AvgIpc) is 2.23.